The van der Waals surface area contributed by atoms with Crippen molar-refractivity contribution in [2.75, 3.05) is 5.88 Å². The van der Waals surface area contributed by atoms with Gasteiger partial charge in [-0.1, -0.05) is 54.6 Å². The van der Waals surface area contributed by atoms with Gasteiger partial charge in [0, 0.05) is 5.88 Å². The van der Waals surface area contributed by atoms with Gasteiger partial charge in [-0.25, -0.2) is 13.2 Å². The van der Waals surface area contributed by atoms with E-state index in [0.717, 1.165) is 0 Å². The summed E-state index contributed by atoms with van der Waals surface area (Å²) in [5, 5.41) is 0. The van der Waals surface area contributed by atoms with Crippen LogP contribution in [0.1, 0.15) is 19.3 Å². The molecule has 2 bridgehead atoms. The first-order chi connectivity index (χ1) is 20.6. The number of carbonyl (C=O) groups is 1. The number of hydrogen-bond donors (Lipinski definition) is 0. The summed E-state index contributed by atoms with van der Waals surface area (Å²) >= 11 is 5.68. The highest BCUT2D eigenvalue weighted by atomic mass is 35.5. The van der Waals surface area contributed by atoms with Crippen molar-refractivity contribution >= 4 is 38.6 Å². The normalized spacial score (nSPS) is 21.9. The molecule has 0 saturated heterocycles. The van der Waals surface area contributed by atoms with Crippen molar-refractivity contribution in [1.29, 1.82) is 0 Å². The standard InChI is InChI=1S/C18H15S.C12H13ClF6O5S/c1-4-10-16(11-5-1)19(17-12-6-2-7-13-17)18-14-8-3-9-15-18;13-4-7-2-6-1-5(7)3-8(6)24-9(20)10(11(14,15)16,12(17,18)19)25(21,22)23/h1-15H;5-8H,1-4H2,(H,21,22,23)/q+1;/p-1. The number of fused-ring (bicyclic) bond motifs is 2. The van der Waals surface area contributed by atoms with Gasteiger partial charge < -0.3 is 9.29 Å². The molecule has 2 fully saturated rings. The maximum Gasteiger partial charge on any atom is 0.426 e. The fourth-order valence-corrected chi connectivity index (χ4v) is 9.05. The van der Waals surface area contributed by atoms with Crippen LogP contribution in [0.15, 0.2) is 106 Å². The number of esters is 1. The average Bonchev–Trinajstić information content (AvgIpc) is 3.53. The summed E-state index contributed by atoms with van der Waals surface area (Å²) in [6, 6.07) is 32.2. The zero-order valence-electron chi connectivity index (χ0n) is 22.8. The third-order valence-corrected chi connectivity index (χ3v) is 11.8. The quantitative estimate of drug-likeness (QED) is 0.0856. The van der Waals surface area contributed by atoms with Gasteiger partial charge in [-0.15, -0.1) is 11.6 Å². The van der Waals surface area contributed by atoms with Crippen LogP contribution in [-0.4, -0.2) is 48.0 Å². The second-order valence-electron chi connectivity index (χ2n) is 10.5. The van der Waals surface area contributed by atoms with E-state index in [0.29, 0.717) is 12.8 Å². The Morgan fingerprint density at radius 1 is 0.750 bits per heavy atom. The van der Waals surface area contributed by atoms with Crippen molar-refractivity contribution in [3.05, 3.63) is 91.0 Å². The van der Waals surface area contributed by atoms with Crippen molar-refractivity contribution < 1.29 is 48.8 Å². The molecule has 0 aliphatic heterocycles. The Bertz CT molecular complexity index is 1400. The van der Waals surface area contributed by atoms with Gasteiger partial charge in [-0.05, 0) is 73.4 Å². The molecule has 2 saturated carbocycles. The zero-order valence-corrected chi connectivity index (χ0v) is 25.2. The topological polar surface area (TPSA) is 83.5 Å². The first-order valence-corrected chi connectivity index (χ1v) is 16.5. The van der Waals surface area contributed by atoms with Crippen LogP contribution >= 0.6 is 11.6 Å². The van der Waals surface area contributed by atoms with Crippen LogP contribution in [-0.2, 0) is 30.5 Å². The van der Waals surface area contributed by atoms with Crippen LogP contribution in [0.25, 0.3) is 0 Å². The summed E-state index contributed by atoms with van der Waals surface area (Å²) < 4.78 is 109. The van der Waals surface area contributed by atoms with Crippen LogP contribution in [0.5, 0.6) is 0 Å². The lowest BCUT2D eigenvalue weighted by Gasteiger charge is -2.38. The first-order valence-electron chi connectivity index (χ1n) is 13.4. The van der Waals surface area contributed by atoms with Gasteiger partial charge in [0.05, 0.1) is 10.9 Å². The Morgan fingerprint density at radius 3 is 1.45 bits per heavy atom. The van der Waals surface area contributed by atoms with Gasteiger partial charge in [0.2, 0.25) is 0 Å². The Hall–Kier alpha value is -2.74. The summed E-state index contributed by atoms with van der Waals surface area (Å²) in [4.78, 5) is 15.8. The van der Waals surface area contributed by atoms with Gasteiger partial charge >= 0.3 is 23.1 Å². The minimum atomic E-state index is -7.21. The van der Waals surface area contributed by atoms with E-state index in [1.807, 2.05) is 0 Å². The fraction of sp³-hybridized carbons (Fsp3) is 0.367. The Balaban J connectivity index is 0.000000208. The summed E-state index contributed by atoms with van der Waals surface area (Å²) in [6.07, 6.45) is -14.1. The summed E-state index contributed by atoms with van der Waals surface area (Å²) in [6.45, 7) is 0. The monoisotopic (exact) mass is 680 g/mol. The molecule has 14 heteroatoms. The van der Waals surface area contributed by atoms with Crippen LogP contribution in [0, 0.1) is 17.8 Å². The number of hydrogen-bond acceptors (Lipinski definition) is 5. The van der Waals surface area contributed by atoms with Crippen molar-refractivity contribution in [3.8, 4) is 0 Å². The van der Waals surface area contributed by atoms with Crippen molar-refractivity contribution in [2.45, 2.75) is 57.2 Å². The van der Waals surface area contributed by atoms with Crippen LogP contribution in [0.4, 0.5) is 26.3 Å². The van der Waals surface area contributed by atoms with E-state index >= 15 is 0 Å². The van der Waals surface area contributed by atoms with Crippen molar-refractivity contribution in [3.63, 3.8) is 0 Å². The molecular formula is C30H27ClF6O5S2. The van der Waals surface area contributed by atoms with E-state index in [1.165, 1.54) is 14.7 Å². The fourth-order valence-electron chi connectivity index (χ4n) is 5.75. The second kappa shape index (κ2) is 13.3. The van der Waals surface area contributed by atoms with E-state index in [9.17, 15) is 44.1 Å². The van der Waals surface area contributed by atoms with E-state index in [1.54, 1.807) is 0 Å². The molecule has 238 valence electrons. The number of ether oxygens (including phenoxy) is 1. The number of rotatable bonds is 7. The highest BCUT2D eigenvalue weighted by Crippen LogP contribution is 2.53. The number of carbonyl (C=O) groups excluding carboxylic acids is 1. The minimum absolute atomic E-state index is 0.000140. The minimum Gasteiger partial charge on any atom is -0.747 e. The molecule has 2 aliphatic carbocycles. The summed E-state index contributed by atoms with van der Waals surface area (Å²) in [7, 11) is -7.22. The predicted molar refractivity (Wildman–Crippen MR) is 151 cm³/mol. The van der Waals surface area contributed by atoms with Crippen molar-refractivity contribution in [2.24, 2.45) is 17.8 Å². The molecule has 5 nitrogen and oxygen atoms in total. The van der Waals surface area contributed by atoms with Gasteiger partial charge in [-0.3, -0.25) is 0 Å². The third kappa shape index (κ3) is 6.75. The lowest BCUT2D eigenvalue weighted by Crippen LogP contribution is -2.67. The van der Waals surface area contributed by atoms with Crippen LogP contribution < -0.4 is 0 Å². The number of benzene rings is 3. The maximum absolute atomic E-state index is 13.0. The van der Waals surface area contributed by atoms with Crippen molar-refractivity contribution in [1.82, 2.24) is 0 Å². The molecule has 0 N–H and O–H groups in total. The van der Waals surface area contributed by atoms with E-state index in [-0.39, 0.29) is 35.0 Å². The van der Waals surface area contributed by atoms with Crippen LogP contribution in [0.3, 0.4) is 0 Å². The summed E-state index contributed by atoms with van der Waals surface area (Å²) in [5.41, 5.74) is 0. The van der Waals surface area contributed by atoms with E-state index in [2.05, 4.69) is 95.7 Å². The Kier molecular flexibility index (Phi) is 10.3. The summed E-state index contributed by atoms with van der Waals surface area (Å²) in [5.74, 6) is -3.57. The predicted octanol–water partition coefficient (Wildman–Crippen LogP) is 7.37. The number of alkyl halides is 7. The molecular weight excluding hydrogens is 654 g/mol. The third-order valence-electron chi connectivity index (χ3n) is 7.79. The molecule has 2 aliphatic rings. The van der Waals surface area contributed by atoms with Crippen LogP contribution in [0.2, 0.25) is 0 Å². The maximum atomic E-state index is 13.0. The zero-order chi connectivity index (χ0) is 32.3. The molecule has 0 heterocycles. The van der Waals surface area contributed by atoms with Gasteiger partial charge in [0.15, 0.2) is 14.7 Å². The van der Waals surface area contributed by atoms with Gasteiger partial charge in [0.1, 0.15) is 16.2 Å². The largest absolute Gasteiger partial charge is 0.747 e. The SMILES string of the molecule is O=C(OC1CC2CC1CC2CCl)C(C(F)(F)F)(C(F)(F)F)S(=O)(=O)[O-].c1ccc([S+](c2ccccc2)c2ccccc2)cc1. The second-order valence-corrected chi connectivity index (χ2v) is 14.3. The highest BCUT2D eigenvalue weighted by Gasteiger charge is 2.82. The Morgan fingerprint density at radius 2 is 1.16 bits per heavy atom. The number of halogens is 7. The molecule has 4 unspecified atom stereocenters. The Labute approximate surface area is 258 Å². The first kappa shape index (κ1) is 34.1. The lowest BCUT2D eigenvalue weighted by atomic mass is 9.88. The lowest BCUT2D eigenvalue weighted by molar-refractivity contribution is -0.270. The molecule has 3 aromatic rings. The molecule has 0 radical (unpaired) electrons. The van der Waals surface area contributed by atoms with Gasteiger partial charge in [-0.2, -0.15) is 26.3 Å². The molecule has 3 aromatic carbocycles. The molecule has 0 aromatic heterocycles. The average molecular weight is 681 g/mol. The molecule has 0 spiro atoms. The highest BCUT2D eigenvalue weighted by molar-refractivity contribution is 7.97. The van der Waals surface area contributed by atoms with E-state index in [4.69, 9.17) is 11.6 Å². The smallest absolute Gasteiger partial charge is 0.426 e. The van der Waals surface area contributed by atoms with E-state index < -0.39 is 45.2 Å². The molecule has 5 rings (SSSR count). The molecule has 44 heavy (non-hydrogen) atoms. The van der Waals surface area contributed by atoms with Gasteiger partial charge in [0.25, 0.3) is 0 Å². The molecule has 0 amide bonds. The molecule has 4 atom stereocenters.